The van der Waals surface area contributed by atoms with Crippen molar-refractivity contribution in [2.24, 2.45) is 17.4 Å². The van der Waals surface area contributed by atoms with Crippen LogP contribution in [0.2, 0.25) is 0 Å². The maximum absolute atomic E-state index is 12.8. The van der Waals surface area contributed by atoms with E-state index in [2.05, 4.69) is 18.5 Å². The number of Topliss-reactive ketones (excluding diaryl/α,β-unsaturated/α-hetero) is 1. The highest BCUT2D eigenvalue weighted by molar-refractivity contribution is 5.91. The van der Waals surface area contributed by atoms with Gasteiger partial charge in [0.05, 0.1) is 12.1 Å². The fourth-order valence-corrected chi connectivity index (χ4v) is 4.45. The Morgan fingerprint density at radius 3 is 1.93 bits per heavy atom. The number of amides is 1. The van der Waals surface area contributed by atoms with Crippen LogP contribution >= 0.6 is 0 Å². The van der Waals surface area contributed by atoms with E-state index >= 15 is 0 Å². The van der Waals surface area contributed by atoms with Crippen molar-refractivity contribution in [2.45, 2.75) is 70.1 Å². The number of carboxylic acids is 2. The van der Waals surface area contributed by atoms with Gasteiger partial charge in [-0.1, -0.05) is 68.5 Å². The highest BCUT2D eigenvalue weighted by atomic mass is 16.4. The number of nitrogens with two attached hydrogens (primary N) is 2. The van der Waals surface area contributed by atoms with Gasteiger partial charge in [0.15, 0.2) is 5.78 Å². The maximum atomic E-state index is 12.8. The van der Waals surface area contributed by atoms with Crippen molar-refractivity contribution in [1.82, 2.24) is 10.2 Å². The molecule has 0 heterocycles. The number of hydrogen-bond acceptors (Lipinski definition) is 8. The monoisotopic (exact) mass is 624 g/mol. The molecule has 246 valence electrons. The van der Waals surface area contributed by atoms with Crippen LogP contribution in [0.15, 0.2) is 79.9 Å². The van der Waals surface area contributed by atoms with E-state index in [-0.39, 0.29) is 23.9 Å². The minimum absolute atomic E-state index is 0.140. The Morgan fingerprint density at radius 1 is 0.933 bits per heavy atom. The Hall–Kier alpha value is -4.32. The second-order valence-corrected chi connectivity index (χ2v) is 11.6. The van der Waals surface area contributed by atoms with Gasteiger partial charge in [0.25, 0.3) is 0 Å². The number of benzene rings is 2. The Balaban J connectivity index is 0.000000461. The molecule has 2 aromatic rings. The van der Waals surface area contributed by atoms with E-state index < -0.39 is 41.5 Å². The molecular weight excluding hydrogens is 576 g/mol. The van der Waals surface area contributed by atoms with Crippen molar-refractivity contribution in [2.75, 3.05) is 13.1 Å². The Morgan fingerprint density at radius 2 is 1.47 bits per heavy atom. The lowest BCUT2D eigenvalue weighted by Crippen LogP contribution is -2.51. The molecule has 2 rings (SSSR count). The molecule has 2 aromatic carbocycles. The fraction of sp³-hybridized carbons (Fsp3) is 0.412. The fourth-order valence-electron chi connectivity index (χ4n) is 4.45. The van der Waals surface area contributed by atoms with E-state index in [1.54, 1.807) is 36.4 Å². The van der Waals surface area contributed by atoms with Crippen LogP contribution in [-0.4, -0.2) is 80.6 Å². The summed E-state index contributed by atoms with van der Waals surface area (Å²) in [4.78, 5) is 49.0. The van der Waals surface area contributed by atoms with Gasteiger partial charge in [-0.2, -0.15) is 0 Å². The van der Waals surface area contributed by atoms with E-state index in [1.807, 2.05) is 49.1 Å². The van der Waals surface area contributed by atoms with Crippen LogP contribution in [0.3, 0.4) is 0 Å². The van der Waals surface area contributed by atoms with Crippen molar-refractivity contribution >= 4 is 23.6 Å². The van der Waals surface area contributed by atoms with Crippen molar-refractivity contribution in [3.05, 3.63) is 91.0 Å². The number of carbonyl (C=O) groups excluding carboxylic acids is 2. The Bertz CT molecular complexity index is 1250. The molecule has 0 bridgehead atoms. The van der Waals surface area contributed by atoms with Crippen LogP contribution in [0.5, 0.6) is 5.75 Å². The van der Waals surface area contributed by atoms with E-state index in [0.29, 0.717) is 32.4 Å². The highest BCUT2D eigenvalue weighted by Gasteiger charge is 2.35. The summed E-state index contributed by atoms with van der Waals surface area (Å²) in [7, 11) is 0. The molecule has 0 aliphatic carbocycles. The third kappa shape index (κ3) is 14.3. The molecule has 0 saturated heterocycles. The van der Waals surface area contributed by atoms with Crippen LogP contribution in [0.25, 0.3) is 0 Å². The summed E-state index contributed by atoms with van der Waals surface area (Å²) in [6.45, 7) is 13.5. The zero-order valence-corrected chi connectivity index (χ0v) is 26.4. The number of phenolic OH excluding ortho intramolecular Hbond substituents is 1. The number of carboxylic acid groups (broad SMARTS) is 2. The molecule has 45 heavy (non-hydrogen) atoms. The predicted octanol–water partition coefficient (Wildman–Crippen LogP) is 2.91. The lowest BCUT2D eigenvalue weighted by atomic mass is 9.90. The normalized spacial score (nSPS) is 14.2. The number of ketones is 1. The second kappa shape index (κ2) is 19.1. The Kier molecular flexibility index (Phi) is 16.5. The lowest BCUT2D eigenvalue weighted by molar-refractivity contribution is -0.145. The first-order valence-electron chi connectivity index (χ1n) is 14.7. The number of rotatable bonds is 18. The molecule has 0 aromatic heterocycles. The summed E-state index contributed by atoms with van der Waals surface area (Å²) in [6.07, 6.45) is 4.23. The third-order valence-corrected chi connectivity index (χ3v) is 6.89. The van der Waals surface area contributed by atoms with Crippen molar-refractivity contribution in [3.63, 3.8) is 0 Å². The number of aliphatic carboxylic acids is 2. The first-order valence-corrected chi connectivity index (χ1v) is 14.7. The Labute approximate surface area is 265 Å². The number of carbonyl (C=O) groups is 4. The molecule has 0 radical (unpaired) electrons. The van der Waals surface area contributed by atoms with Crippen LogP contribution in [0.4, 0.5) is 0 Å². The van der Waals surface area contributed by atoms with Gasteiger partial charge in [-0.05, 0) is 55.4 Å². The maximum Gasteiger partial charge on any atom is 0.326 e. The lowest BCUT2D eigenvalue weighted by Gasteiger charge is -2.31. The molecule has 0 saturated carbocycles. The summed E-state index contributed by atoms with van der Waals surface area (Å²) in [5.74, 6) is -2.61. The average Bonchev–Trinajstić information content (AvgIpc) is 2.96. The second-order valence-electron chi connectivity index (χ2n) is 11.6. The molecule has 0 aliphatic rings. The van der Waals surface area contributed by atoms with Crippen molar-refractivity contribution in [1.29, 1.82) is 0 Å². The highest BCUT2D eigenvalue weighted by Crippen LogP contribution is 2.18. The van der Waals surface area contributed by atoms with Gasteiger partial charge in [0.2, 0.25) is 5.91 Å². The molecule has 0 spiro atoms. The van der Waals surface area contributed by atoms with Crippen LogP contribution in [-0.2, 0) is 32.0 Å². The topological polar surface area (TPSA) is 196 Å². The zero-order valence-electron chi connectivity index (χ0n) is 26.4. The summed E-state index contributed by atoms with van der Waals surface area (Å²) < 4.78 is 0. The number of nitrogens with zero attached hydrogens (tertiary/aromatic N) is 1. The molecule has 8 N–H and O–H groups in total. The quantitative estimate of drug-likeness (QED) is 0.134. The smallest absolute Gasteiger partial charge is 0.326 e. The molecular formula is C34H48N4O7. The molecule has 0 aliphatic heterocycles. The van der Waals surface area contributed by atoms with Gasteiger partial charge in [-0.3, -0.25) is 19.3 Å². The summed E-state index contributed by atoms with van der Waals surface area (Å²) >= 11 is 0. The molecule has 0 fully saturated rings. The number of aromatic hydroxyl groups is 1. The van der Waals surface area contributed by atoms with Crippen molar-refractivity contribution < 1.29 is 34.5 Å². The molecule has 1 unspecified atom stereocenters. The van der Waals surface area contributed by atoms with Crippen LogP contribution in [0.1, 0.15) is 44.7 Å². The van der Waals surface area contributed by atoms with Gasteiger partial charge in [0, 0.05) is 19.5 Å². The summed E-state index contributed by atoms with van der Waals surface area (Å²) in [5, 5.41) is 30.2. The van der Waals surface area contributed by atoms with E-state index in [1.165, 1.54) is 6.92 Å². The molecule has 11 heteroatoms. The van der Waals surface area contributed by atoms with Crippen molar-refractivity contribution in [3.8, 4) is 5.75 Å². The van der Waals surface area contributed by atoms with Gasteiger partial charge >= 0.3 is 11.9 Å². The number of nitrogens with one attached hydrogen (secondary N) is 1. The van der Waals surface area contributed by atoms with Crippen LogP contribution < -0.4 is 16.8 Å². The molecule has 11 nitrogen and oxygen atoms in total. The first kappa shape index (κ1) is 38.7. The average molecular weight is 625 g/mol. The molecule has 4 atom stereocenters. The minimum atomic E-state index is -1.63. The van der Waals surface area contributed by atoms with Gasteiger partial charge in [-0.15, -0.1) is 13.2 Å². The number of hydrogen-bond donors (Lipinski definition) is 6. The minimum Gasteiger partial charge on any atom is -0.508 e. The van der Waals surface area contributed by atoms with E-state index in [9.17, 15) is 29.4 Å². The standard InChI is InChI=1S/C19H26N2O4.C15H22N2O3/c1-4-10-21(11-5-2)16(12-14-6-8-15(22)9-7-14)17(23)13-19(3,20)18(24)25;1-10(2)8-13(15(19)20)17-14(18)12(16)9-11-6-4-3-5-7-11/h4-9,16,22H,1-2,10-13,20H2,3H3,(H,24,25);3-7,10,12-13H,8-9,16H2,1-2H3,(H,17,18)(H,19,20)/t16-,19?;12-,13-/m00/s1. The summed E-state index contributed by atoms with van der Waals surface area (Å²) in [5.41, 5.74) is 11.7. The predicted molar refractivity (Wildman–Crippen MR) is 175 cm³/mol. The third-order valence-electron chi connectivity index (χ3n) is 6.89. The largest absolute Gasteiger partial charge is 0.508 e. The first-order chi connectivity index (χ1) is 21.1. The van der Waals surface area contributed by atoms with Gasteiger partial charge in [-0.25, -0.2) is 4.79 Å². The zero-order chi connectivity index (χ0) is 34.2. The van der Waals surface area contributed by atoms with Gasteiger partial charge < -0.3 is 32.1 Å². The summed E-state index contributed by atoms with van der Waals surface area (Å²) in [6, 6.07) is 13.8. The SMILES string of the molecule is C=CCN(CC=C)[C@@H](Cc1ccc(O)cc1)C(=O)CC(C)(N)C(=O)O.CC(C)C[C@H](NC(=O)[C@@H](N)Cc1ccccc1)C(=O)O. The number of phenols is 1. The molecule has 1 amide bonds. The van der Waals surface area contributed by atoms with Gasteiger partial charge in [0.1, 0.15) is 17.3 Å². The van der Waals surface area contributed by atoms with E-state index in [4.69, 9.17) is 16.6 Å². The van der Waals surface area contributed by atoms with Crippen LogP contribution in [0, 0.1) is 5.92 Å². The van der Waals surface area contributed by atoms with E-state index in [0.717, 1.165) is 11.1 Å².